The summed E-state index contributed by atoms with van der Waals surface area (Å²) in [5, 5.41) is 10.1. The van der Waals surface area contributed by atoms with Crippen molar-refractivity contribution in [2.24, 2.45) is 10.3 Å². The van der Waals surface area contributed by atoms with Crippen LogP contribution in [0.4, 0.5) is 5.82 Å². The van der Waals surface area contributed by atoms with Gasteiger partial charge in [-0.25, -0.2) is 9.78 Å². The van der Waals surface area contributed by atoms with Gasteiger partial charge in [0.05, 0.1) is 12.9 Å². The molecule has 1 aliphatic carbocycles. The fourth-order valence-corrected chi connectivity index (χ4v) is 2.36. The molecule has 7 heteroatoms. The molecular formula is C13H21N5O2. The van der Waals surface area contributed by atoms with Gasteiger partial charge in [-0.1, -0.05) is 24.5 Å². The molecule has 0 radical (unpaired) electrons. The molecule has 1 heterocycles. The maximum absolute atomic E-state index is 11.7. The summed E-state index contributed by atoms with van der Waals surface area (Å²) in [7, 11) is 1.91. The lowest BCUT2D eigenvalue weighted by atomic mass is 9.95. The molecule has 110 valence electrons. The number of hydrogen-bond donors (Lipinski definition) is 1. The number of rotatable bonds is 5. The van der Waals surface area contributed by atoms with E-state index in [9.17, 15) is 4.79 Å². The van der Waals surface area contributed by atoms with E-state index in [-0.39, 0.29) is 11.5 Å². The van der Waals surface area contributed by atoms with Crippen molar-refractivity contribution in [2.75, 3.05) is 13.7 Å². The van der Waals surface area contributed by atoms with Gasteiger partial charge >= 0.3 is 5.97 Å². The Kier molecular flexibility index (Phi) is 5.09. The summed E-state index contributed by atoms with van der Waals surface area (Å²) in [4.78, 5) is 18.4. The predicted molar refractivity (Wildman–Crippen MR) is 73.7 cm³/mol. The van der Waals surface area contributed by atoms with Crippen LogP contribution in [-0.4, -0.2) is 40.6 Å². The van der Waals surface area contributed by atoms with Gasteiger partial charge in [-0.2, -0.15) is 0 Å². The van der Waals surface area contributed by atoms with E-state index in [0.717, 1.165) is 12.8 Å². The number of carbonyl (C=O) groups is 1. The molecule has 1 aromatic rings. The fraction of sp³-hybridized carbons (Fsp3) is 0.692. The van der Waals surface area contributed by atoms with Gasteiger partial charge in [0.25, 0.3) is 0 Å². The van der Waals surface area contributed by atoms with Crippen LogP contribution in [-0.2, 0) is 4.74 Å². The molecule has 0 atom stereocenters. The van der Waals surface area contributed by atoms with Crippen molar-refractivity contribution in [3.63, 3.8) is 0 Å². The summed E-state index contributed by atoms with van der Waals surface area (Å²) >= 11 is 0. The summed E-state index contributed by atoms with van der Waals surface area (Å²) in [6.07, 6.45) is 7.47. The van der Waals surface area contributed by atoms with Crippen LogP contribution >= 0.6 is 0 Å². The molecular weight excluding hydrogens is 258 g/mol. The highest BCUT2D eigenvalue weighted by molar-refractivity contribution is 5.91. The molecule has 20 heavy (non-hydrogen) atoms. The number of hydrogen-bond acceptors (Lipinski definition) is 5. The van der Waals surface area contributed by atoms with E-state index in [0.29, 0.717) is 12.6 Å². The van der Waals surface area contributed by atoms with Gasteiger partial charge in [0.1, 0.15) is 0 Å². The topological polar surface area (TPSA) is 82.9 Å². The third-order valence-electron chi connectivity index (χ3n) is 3.48. The number of nitrogens with zero attached hydrogens (tertiary/aromatic N) is 4. The lowest BCUT2D eigenvalue weighted by molar-refractivity contribution is 0.0521. The first-order chi connectivity index (χ1) is 9.72. The van der Waals surface area contributed by atoms with Crippen molar-refractivity contribution < 1.29 is 9.53 Å². The van der Waals surface area contributed by atoms with E-state index < -0.39 is 5.97 Å². The minimum atomic E-state index is -0.459. The maximum Gasteiger partial charge on any atom is 0.358 e. The van der Waals surface area contributed by atoms with E-state index in [1.165, 1.54) is 25.6 Å². The molecule has 1 aliphatic rings. The van der Waals surface area contributed by atoms with Crippen LogP contribution in [0, 0.1) is 0 Å². The zero-order valence-corrected chi connectivity index (χ0v) is 12.0. The van der Waals surface area contributed by atoms with E-state index in [1.807, 2.05) is 12.1 Å². The van der Waals surface area contributed by atoms with Gasteiger partial charge in [-0.05, 0) is 19.8 Å². The summed E-state index contributed by atoms with van der Waals surface area (Å²) in [6, 6.07) is 0.428. The quantitative estimate of drug-likeness (QED) is 0.510. The molecule has 0 unspecified atom stereocenters. The van der Waals surface area contributed by atoms with Crippen molar-refractivity contribution in [1.82, 2.24) is 15.0 Å². The van der Waals surface area contributed by atoms with Crippen LogP contribution in [0.1, 0.15) is 49.5 Å². The van der Waals surface area contributed by atoms with Gasteiger partial charge in [0, 0.05) is 13.1 Å². The van der Waals surface area contributed by atoms with Gasteiger partial charge in [0.2, 0.25) is 5.82 Å². The Morgan fingerprint density at radius 2 is 2.25 bits per heavy atom. The van der Waals surface area contributed by atoms with E-state index in [1.54, 1.807) is 6.92 Å². The first kappa shape index (κ1) is 14.5. The molecule has 0 aliphatic heterocycles. The lowest BCUT2D eigenvalue weighted by Crippen LogP contribution is -2.28. The normalized spacial score (nSPS) is 16.5. The molecule has 1 N–H and O–H groups in total. The Morgan fingerprint density at radius 3 is 2.95 bits per heavy atom. The van der Waals surface area contributed by atoms with E-state index in [2.05, 4.69) is 20.3 Å². The Hall–Kier alpha value is -1.92. The number of imidazole rings is 1. The average Bonchev–Trinajstić information content (AvgIpc) is 2.94. The van der Waals surface area contributed by atoms with Gasteiger partial charge in [0.15, 0.2) is 5.69 Å². The molecule has 7 nitrogen and oxygen atoms in total. The molecule has 1 saturated carbocycles. The molecule has 1 fully saturated rings. The van der Waals surface area contributed by atoms with Crippen LogP contribution in [0.5, 0.6) is 0 Å². The monoisotopic (exact) mass is 279 g/mol. The Labute approximate surface area is 118 Å². The fourth-order valence-electron chi connectivity index (χ4n) is 2.36. The predicted octanol–water partition coefficient (Wildman–Crippen LogP) is 2.85. The first-order valence-electron chi connectivity index (χ1n) is 7.07. The van der Waals surface area contributed by atoms with Crippen molar-refractivity contribution in [3.05, 3.63) is 12.0 Å². The summed E-state index contributed by atoms with van der Waals surface area (Å²) < 4.78 is 4.92. The number of H-pyrrole nitrogens is 1. The first-order valence-corrected chi connectivity index (χ1v) is 7.07. The number of carbonyl (C=O) groups excluding carboxylic acids is 1. The van der Waals surface area contributed by atoms with Crippen molar-refractivity contribution in [1.29, 1.82) is 0 Å². The smallest absolute Gasteiger partial charge is 0.358 e. The maximum atomic E-state index is 11.7. The van der Waals surface area contributed by atoms with Gasteiger partial charge in [-0.15, -0.1) is 5.11 Å². The highest BCUT2D eigenvalue weighted by atomic mass is 16.5. The lowest BCUT2D eigenvalue weighted by Gasteiger charge is -2.27. The molecule has 2 rings (SSSR count). The summed E-state index contributed by atoms with van der Waals surface area (Å²) in [5.41, 5.74) is 0.243. The standard InChI is InChI=1S/C13H21N5O2/c1-3-20-13(19)11-12(15-9-14-11)16-17-18(2)10-7-5-4-6-8-10/h9-10H,3-8H2,1-2H3,(H,14,15). The Morgan fingerprint density at radius 1 is 1.50 bits per heavy atom. The number of nitrogens with one attached hydrogen (secondary N) is 1. The molecule has 0 aromatic carbocycles. The molecule has 0 amide bonds. The second-order valence-electron chi connectivity index (χ2n) is 4.88. The Bertz CT molecular complexity index is 465. The number of ether oxygens (including phenoxy) is 1. The van der Waals surface area contributed by atoms with Crippen LogP contribution < -0.4 is 0 Å². The summed E-state index contributed by atoms with van der Waals surface area (Å²) in [6.45, 7) is 2.07. The highest BCUT2D eigenvalue weighted by Crippen LogP contribution is 2.23. The number of esters is 1. The average molecular weight is 279 g/mol. The van der Waals surface area contributed by atoms with Crippen LogP contribution in [0.15, 0.2) is 16.7 Å². The van der Waals surface area contributed by atoms with Gasteiger partial charge < -0.3 is 9.72 Å². The summed E-state index contributed by atoms with van der Waals surface area (Å²) in [5.74, 6) is -0.189. The molecule has 0 spiro atoms. The SMILES string of the molecule is CCOC(=O)c1[nH]cnc1N=NN(C)C1CCCCC1. The van der Waals surface area contributed by atoms with E-state index in [4.69, 9.17) is 4.74 Å². The largest absolute Gasteiger partial charge is 0.461 e. The second kappa shape index (κ2) is 7.02. The highest BCUT2D eigenvalue weighted by Gasteiger charge is 2.18. The van der Waals surface area contributed by atoms with E-state index >= 15 is 0 Å². The van der Waals surface area contributed by atoms with Crippen molar-refractivity contribution >= 4 is 11.8 Å². The zero-order valence-electron chi connectivity index (χ0n) is 12.0. The Balaban J connectivity index is 2.00. The van der Waals surface area contributed by atoms with Crippen LogP contribution in [0.25, 0.3) is 0 Å². The van der Waals surface area contributed by atoms with Crippen LogP contribution in [0.3, 0.4) is 0 Å². The zero-order chi connectivity index (χ0) is 14.4. The third-order valence-corrected chi connectivity index (χ3v) is 3.48. The minimum absolute atomic E-state index is 0.243. The second-order valence-corrected chi connectivity index (χ2v) is 4.88. The van der Waals surface area contributed by atoms with Gasteiger partial charge in [-0.3, -0.25) is 5.01 Å². The molecule has 0 saturated heterocycles. The van der Waals surface area contributed by atoms with Crippen molar-refractivity contribution in [2.45, 2.75) is 45.1 Å². The molecule has 1 aromatic heterocycles. The van der Waals surface area contributed by atoms with Crippen LogP contribution in [0.2, 0.25) is 0 Å². The molecule has 0 bridgehead atoms. The number of aromatic amines is 1. The van der Waals surface area contributed by atoms with Crippen molar-refractivity contribution in [3.8, 4) is 0 Å². The number of aromatic nitrogens is 2. The third kappa shape index (κ3) is 3.55. The minimum Gasteiger partial charge on any atom is -0.461 e.